The van der Waals surface area contributed by atoms with Crippen molar-refractivity contribution in [3.63, 3.8) is 0 Å². The van der Waals surface area contributed by atoms with Gasteiger partial charge in [0.25, 0.3) is 5.91 Å². The van der Waals surface area contributed by atoms with E-state index < -0.39 is 0 Å². The lowest BCUT2D eigenvalue weighted by molar-refractivity contribution is 0.0639. The number of likely N-dealkylation sites (N-methyl/N-ethyl adjacent to an activating group) is 1. The molecule has 2 heterocycles. The van der Waals surface area contributed by atoms with E-state index in [1.165, 1.54) is 0 Å². The van der Waals surface area contributed by atoms with Crippen LogP contribution < -0.4 is 4.74 Å². The molecule has 6 nitrogen and oxygen atoms in total. The van der Waals surface area contributed by atoms with Crippen molar-refractivity contribution in [2.75, 3.05) is 32.7 Å². The van der Waals surface area contributed by atoms with Gasteiger partial charge < -0.3 is 14.5 Å². The molecule has 1 aromatic heterocycles. The van der Waals surface area contributed by atoms with Crippen LogP contribution in [0.25, 0.3) is 11.4 Å². The Kier molecular flexibility index (Phi) is 6.26. The smallest absolute Gasteiger partial charge is 0.261 e. The Morgan fingerprint density at radius 1 is 1.07 bits per heavy atom. The molecule has 0 bridgehead atoms. The molecule has 0 spiro atoms. The molecule has 0 unspecified atom stereocenters. The van der Waals surface area contributed by atoms with Gasteiger partial charge in [-0.2, -0.15) is 4.98 Å². The number of benzene rings is 2. The molecule has 30 heavy (non-hydrogen) atoms. The topological polar surface area (TPSA) is 58.6 Å². The second-order valence-electron chi connectivity index (χ2n) is 7.06. The van der Waals surface area contributed by atoms with E-state index in [-0.39, 0.29) is 11.8 Å². The van der Waals surface area contributed by atoms with Gasteiger partial charge in [-0.1, -0.05) is 54.9 Å². The van der Waals surface area contributed by atoms with E-state index >= 15 is 0 Å². The van der Waals surface area contributed by atoms with Gasteiger partial charge in [0.1, 0.15) is 11.3 Å². The molecule has 1 aliphatic rings. The van der Waals surface area contributed by atoms with Gasteiger partial charge in [-0.25, -0.2) is 4.98 Å². The largest absolute Gasteiger partial charge is 0.438 e. The molecule has 1 aliphatic heterocycles. The standard InChI is InChI=1S/C23H23ClN4O2/c1-2-27-11-13-28(14-12-27)23(29)20-16-25-21(17-7-4-3-5-8-17)26-22(20)30-19-10-6-9-18(24)15-19/h3-10,15-16H,2,11-14H2,1H3. The zero-order valence-corrected chi connectivity index (χ0v) is 17.5. The molecule has 0 radical (unpaired) electrons. The predicted molar refractivity (Wildman–Crippen MR) is 117 cm³/mol. The first kappa shape index (κ1) is 20.3. The molecule has 7 heteroatoms. The van der Waals surface area contributed by atoms with E-state index in [9.17, 15) is 4.79 Å². The number of ether oxygens (including phenoxy) is 1. The number of hydrogen-bond acceptors (Lipinski definition) is 5. The minimum absolute atomic E-state index is 0.123. The van der Waals surface area contributed by atoms with Crippen molar-refractivity contribution in [1.29, 1.82) is 0 Å². The number of carbonyl (C=O) groups is 1. The molecular formula is C23H23ClN4O2. The monoisotopic (exact) mass is 422 g/mol. The van der Waals surface area contributed by atoms with Crippen LogP contribution in [0.5, 0.6) is 11.6 Å². The Morgan fingerprint density at radius 3 is 2.53 bits per heavy atom. The van der Waals surface area contributed by atoms with Gasteiger partial charge in [-0.05, 0) is 24.7 Å². The second-order valence-corrected chi connectivity index (χ2v) is 7.50. The van der Waals surface area contributed by atoms with Crippen molar-refractivity contribution in [2.24, 2.45) is 0 Å². The summed E-state index contributed by atoms with van der Waals surface area (Å²) in [6.45, 7) is 6.17. The average molecular weight is 423 g/mol. The average Bonchev–Trinajstić information content (AvgIpc) is 2.79. The number of hydrogen-bond donors (Lipinski definition) is 0. The van der Waals surface area contributed by atoms with Crippen LogP contribution in [0.1, 0.15) is 17.3 Å². The summed E-state index contributed by atoms with van der Waals surface area (Å²) in [5.74, 6) is 1.13. The van der Waals surface area contributed by atoms with Crippen LogP contribution in [0.2, 0.25) is 5.02 Å². The van der Waals surface area contributed by atoms with Crippen LogP contribution in [0, 0.1) is 0 Å². The van der Waals surface area contributed by atoms with E-state index in [2.05, 4.69) is 21.8 Å². The van der Waals surface area contributed by atoms with Crippen molar-refractivity contribution in [3.05, 3.63) is 71.4 Å². The third-order valence-electron chi connectivity index (χ3n) is 5.13. The van der Waals surface area contributed by atoms with Crippen molar-refractivity contribution in [2.45, 2.75) is 6.92 Å². The van der Waals surface area contributed by atoms with Gasteiger partial charge in [0.05, 0.1) is 0 Å². The van der Waals surface area contributed by atoms with E-state index in [0.717, 1.165) is 25.2 Å². The zero-order chi connectivity index (χ0) is 20.9. The third kappa shape index (κ3) is 4.61. The SMILES string of the molecule is CCN1CCN(C(=O)c2cnc(-c3ccccc3)nc2Oc2cccc(Cl)c2)CC1. The normalized spacial score (nSPS) is 14.5. The summed E-state index contributed by atoms with van der Waals surface area (Å²) in [5, 5.41) is 0.549. The van der Waals surface area contributed by atoms with Gasteiger partial charge in [-0.3, -0.25) is 4.79 Å². The summed E-state index contributed by atoms with van der Waals surface area (Å²) in [7, 11) is 0. The number of rotatable bonds is 5. The zero-order valence-electron chi connectivity index (χ0n) is 16.8. The number of aromatic nitrogens is 2. The molecule has 0 N–H and O–H groups in total. The number of piperazine rings is 1. The molecule has 1 fully saturated rings. The quantitative estimate of drug-likeness (QED) is 0.611. The van der Waals surface area contributed by atoms with Crippen LogP contribution in [0.3, 0.4) is 0 Å². The molecule has 4 rings (SSSR count). The number of carbonyl (C=O) groups excluding carboxylic acids is 1. The highest BCUT2D eigenvalue weighted by Gasteiger charge is 2.26. The molecule has 154 valence electrons. The Hall–Kier alpha value is -2.96. The van der Waals surface area contributed by atoms with Crippen LogP contribution in [0.4, 0.5) is 0 Å². The van der Waals surface area contributed by atoms with Crippen molar-refractivity contribution < 1.29 is 9.53 Å². The molecular weight excluding hydrogens is 400 g/mol. The van der Waals surface area contributed by atoms with Crippen LogP contribution in [-0.4, -0.2) is 58.4 Å². The molecule has 1 saturated heterocycles. The fourth-order valence-electron chi connectivity index (χ4n) is 3.40. The highest BCUT2D eigenvalue weighted by molar-refractivity contribution is 6.30. The summed E-state index contributed by atoms with van der Waals surface area (Å²) in [5.41, 5.74) is 1.20. The van der Waals surface area contributed by atoms with Gasteiger partial charge in [0, 0.05) is 43.0 Å². The first-order valence-electron chi connectivity index (χ1n) is 10.0. The van der Waals surface area contributed by atoms with Crippen molar-refractivity contribution in [1.82, 2.24) is 19.8 Å². The highest BCUT2D eigenvalue weighted by atomic mass is 35.5. The van der Waals surface area contributed by atoms with Gasteiger partial charge in [-0.15, -0.1) is 0 Å². The lowest BCUT2D eigenvalue weighted by Gasteiger charge is -2.34. The first-order chi connectivity index (χ1) is 14.6. The Bertz CT molecular complexity index is 1020. The van der Waals surface area contributed by atoms with E-state index in [1.807, 2.05) is 35.2 Å². The molecule has 0 aliphatic carbocycles. The summed E-state index contributed by atoms with van der Waals surface area (Å²) >= 11 is 6.10. The van der Waals surface area contributed by atoms with Gasteiger partial charge in [0.2, 0.25) is 5.88 Å². The van der Waals surface area contributed by atoms with Gasteiger partial charge in [0.15, 0.2) is 5.82 Å². The van der Waals surface area contributed by atoms with Crippen LogP contribution in [-0.2, 0) is 0 Å². The Labute approximate surface area is 181 Å². The minimum Gasteiger partial charge on any atom is -0.438 e. The number of halogens is 1. The molecule has 3 aromatic rings. The summed E-state index contributed by atoms with van der Waals surface area (Å²) < 4.78 is 6.01. The van der Waals surface area contributed by atoms with E-state index in [4.69, 9.17) is 16.3 Å². The van der Waals surface area contributed by atoms with Crippen molar-refractivity contribution in [3.8, 4) is 23.0 Å². The molecule has 1 amide bonds. The maximum Gasteiger partial charge on any atom is 0.261 e. The minimum atomic E-state index is -0.123. The number of nitrogens with zero attached hydrogens (tertiary/aromatic N) is 4. The first-order valence-corrected chi connectivity index (χ1v) is 10.4. The van der Waals surface area contributed by atoms with E-state index in [1.54, 1.807) is 30.5 Å². The van der Waals surface area contributed by atoms with Crippen molar-refractivity contribution >= 4 is 17.5 Å². The predicted octanol–water partition coefficient (Wildman–Crippen LogP) is 4.37. The third-order valence-corrected chi connectivity index (χ3v) is 5.37. The molecule has 0 atom stereocenters. The van der Waals surface area contributed by atoms with E-state index in [0.29, 0.717) is 35.2 Å². The Morgan fingerprint density at radius 2 is 1.83 bits per heavy atom. The van der Waals surface area contributed by atoms with Gasteiger partial charge >= 0.3 is 0 Å². The lowest BCUT2D eigenvalue weighted by atomic mass is 10.2. The maximum absolute atomic E-state index is 13.2. The fraction of sp³-hybridized carbons (Fsp3) is 0.261. The second kappa shape index (κ2) is 9.24. The van der Waals surface area contributed by atoms with Crippen LogP contribution >= 0.6 is 11.6 Å². The lowest BCUT2D eigenvalue weighted by Crippen LogP contribution is -2.48. The van der Waals surface area contributed by atoms with Crippen LogP contribution in [0.15, 0.2) is 60.8 Å². The summed E-state index contributed by atoms with van der Waals surface area (Å²) in [4.78, 5) is 26.4. The maximum atomic E-state index is 13.2. The fourth-order valence-corrected chi connectivity index (χ4v) is 3.58. The molecule has 2 aromatic carbocycles. The Balaban J connectivity index is 1.67. The highest BCUT2D eigenvalue weighted by Crippen LogP contribution is 2.28. The summed E-state index contributed by atoms with van der Waals surface area (Å²) in [6.07, 6.45) is 1.56. The number of amides is 1. The summed E-state index contributed by atoms with van der Waals surface area (Å²) in [6, 6.07) is 16.6. The molecule has 0 saturated carbocycles.